The highest BCUT2D eigenvalue weighted by atomic mass is 19.1. The van der Waals surface area contributed by atoms with Crippen molar-refractivity contribution in [1.82, 2.24) is 0 Å². The van der Waals surface area contributed by atoms with Crippen LogP contribution in [0.2, 0.25) is 0 Å². The molecule has 2 atom stereocenters. The minimum absolute atomic E-state index is 0.157. The molecule has 0 bridgehead atoms. The lowest BCUT2D eigenvalue weighted by Gasteiger charge is -2.58. The van der Waals surface area contributed by atoms with Crippen LogP contribution in [0.4, 0.5) is 10.1 Å². The fourth-order valence-electron chi connectivity index (χ4n) is 4.29. The molecule has 116 valence electrons. The van der Waals surface area contributed by atoms with Gasteiger partial charge in [0.2, 0.25) is 0 Å². The molecule has 1 aromatic rings. The van der Waals surface area contributed by atoms with Crippen LogP contribution in [0.5, 0.6) is 0 Å². The SMILES string of the molecule is CCOC1CC(Nc2cc(C)cc(F)c2)C12CCCCC2. The Morgan fingerprint density at radius 1 is 1.24 bits per heavy atom. The third-order valence-electron chi connectivity index (χ3n) is 5.32. The molecular weight excluding hydrogens is 265 g/mol. The average Bonchev–Trinajstić information content (AvgIpc) is 2.46. The maximum absolute atomic E-state index is 13.6. The molecule has 3 heteroatoms. The predicted octanol–water partition coefficient (Wildman–Crippen LogP) is 4.67. The van der Waals surface area contributed by atoms with Gasteiger partial charge in [-0.25, -0.2) is 4.39 Å². The molecule has 3 rings (SSSR count). The van der Waals surface area contributed by atoms with E-state index in [2.05, 4.69) is 12.2 Å². The van der Waals surface area contributed by atoms with Gasteiger partial charge in [0.1, 0.15) is 5.82 Å². The summed E-state index contributed by atoms with van der Waals surface area (Å²) in [5.41, 5.74) is 2.15. The molecule has 0 heterocycles. The molecule has 0 radical (unpaired) electrons. The first-order valence-electron chi connectivity index (χ1n) is 8.29. The molecule has 21 heavy (non-hydrogen) atoms. The number of benzene rings is 1. The number of nitrogens with one attached hydrogen (secondary N) is 1. The van der Waals surface area contributed by atoms with Gasteiger partial charge < -0.3 is 10.1 Å². The molecule has 0 aliphatic heterocycles. The van der Waals surface area contributed by atoms with Crippen molar-refractivity contribution in [2.24, 2.45) is 5.41 Å². The highest BCUT2D eigenvalue weighted by Gasteiger charge is 2.55. The Bertz CT molecular complexity index is 476. The van der Waals surface area contributed by atoms with Crippen LogP contribution in [0.25, 0.3) is 0 Å². The monoisotopic (exact) mass is 291 g/mol. The molecule has 2 aliphatic carbocycles. The summed E-state index contributed by atoms with van der Waals surface area (Å²) in [4.78, 5) is 0. The van der Waals surface area contributed by atoms with Crippen LogP contribution in [0, 0.1) is 18.2 Å². The Balaban J connectivity index is 1.75. The van der Waals surface area contributed by atoms with Crippen LogP contribution in [-0.4, -0.2) is 18.8 Å². The van der Waals surface area contributed by atoms with E-state index in [1.807, 2.05) is 13.0 Å². The average molecular weight is 291 g/mol. The lowest BCUT2D eigenvalue weighted by atomic mass is 9.55. The summed E-state index contributed by atoms with van der Waals surface area (Å²) in [7, 11) is 0. The van der Waals surface area contributed by atoms with Crippen molar-refractivity contribution in [3.63, 3.8) is 0 Å². The van der Waals surface area contributed by atoms with Crippen LogP contribution >= 0.6 is 0 Å². The second-order valence-electron chi connectivity index (χ2n) is 6.69. The zero-order valence-corrected chi connectivity index (χ0v) is 13.1. The van der Waals surface area contributed by atoms with Crippen LogP contribution in [0.15, 0.2) is 18.2 Å². The highest BCUT2D eigenvalue weighted by Crippen LogP contribution is 2.54. The molecule has 2 saturated carbocycles. The van der Waals surface area contributed by atoms with Crippen molar-refractivity contribution in [3.05, 3.63) is 29.6 Å². The molecule has 1 spiro atoms. The van der Waals surface area contributed by atoms with Crippen molar-refractivity contribution in [2.45, 2.75) is 64.5 Å². The van der Waals surface area contributed by atoms with Gasteiger partial charge in [0.15, 0.2) is 0 Å². The number of rotatable bonds is 4. The molecule has 2 fully saturated rings. The van der Waals surface area contributed by atoms with Crippen LogP contribution in [0.3, 0.4) is 0 Å². The largest absolute Gasteiger partial charge is 0.381 e. The molecule has 2 nitrogen and oxygen atoms in total. The van der Waals surface area contributed by atoms with E-state index in [0.29, 0.717) is 12.1 Å². The Hall–Kier alpha value is -1.09. The minimum atomic E-state index is -0.157. The van der Waals surface area contributed by atoms with E-state index in [-0.39, 0.29) is 11.2 Å². The summed E-state index contributed by atoms with van der Waals surface area (Å²) in [5.74, 6) is -0.157. The first-order chi connectivity index (χ1) is 10.1. The summed E-state index contributed by atoms with van der Waals surface area (Å²) in [6.07, 6.45) is 7.84. The summed E-state index contributed by atoms with van der Waals surface area (Å²) < 4.78 is 19.5. The summed E-state index contributed by atoms with van der Waals surface area (Å²) in [6.45, 7) is 4.81. The van der Waals surface area contributed by atoms with Gasteiger partial charge in [-0.05, 0) is 56.9 Å². The van der Waals surface area contributed by atoms with E-state index in [4.69, 9.17) is 4.74 Å². The van der Waals surface area contributed by atoms with Gasteiger partial charge in [0.25, 0.3) is 0 Å². The van der Waals surface area contributed by atoms with E-state index in [1.54, 1.807) is 12.1 Å². The highest BCUT2D eigenvalue weighted by molar-refractivity contribution is 5.48. The van der Waals surface area contributed by atoms with E-state index in [1.165, 1.54) is 32.1 Å². The smallest absolute Gasteiger partial charge is 0.125 e. The third kappa shape index (κ3) is 2.80. The lowest BCUT2D eigenvalue weighted by molar-refractivity contribution is -0.134. The number of ether oxygens (including phenoxy) is 1. The molecule has 1 N–H and O–H groups in total. The van der Waals surface area contributed by atoms with Crippen molar-refractivity contribution in [3.8, 4) is 0 Å². The van der Waals surface area contributed by atoms with Crippen LogP contribution < -0.4 is 5.32 Å². The molecule has 2 aliphatic rings. The van der Waals surface area contributed by atoms with Gasteiger partial charge in [-0.3, -0.25) is 0 Å². The van der Waals surface area contributed by atoms with E-state index < -0.39 is 0 Å². The predicted molar refractivity (Wildman–Crippen MR) is 84.1 cm³/mol. The zero-order valence-electron chi connectivity index (χ0n) is 13.1. The number of hydrogen-bond donors (Lipinski definition) is 1. The Morgan fingerprint density at radius 3 is 2.67 bits per heavy atom. The summed E-state index contributed by atoms with van der Waals surface area (Å²) in [6, 6.07) is 5.65. The summed E-state index contributed by atoms with van der Waals surface area (Å²) >= 11 is 0. The Kier molecular flexibility index (Phi) is 4.21. The lowest BCUT2D eigenvalue weighted by Crippen LogP contribution is -2.62. The molecule has 0 amide bonds. The molecule has 0 saturated heterocycles. The quantitative estimate of drug-likeness (QED) is 0.870. The van der Waals surface area contributed by atoms with Crippen LogP contribution in [0.1, 0.15) is 51.0 Å². The van der Waals surface area contributed by atoms with E-state index >= 15 is 0 Å². The van der Waals surface area contributed by atoms with Gasteiger partial charge in [-0.1, -0.05) is 19.3 Å². The van der Waals surface area contributed by atoms with Crippen molar-refractivity contribution >= 4 is 5.69 Å². The zero-order chi connectivity index (χ0) is 14.9. The topological polar surface area (TPSA) is 21.3 Å². The maximum Gasteiger partial charge on any atom is 0.125 e. The molecule has 0 aromatic heterocycles. The summed E-state index contributed by atoms with van der Waals surface area (Å²) in [5, 5.41) is 3.59. The Morgan fingerprint density at radius 2 is 2.00 bits per heavy atom. The number of hydrogen-bond acceptors (Lipinski definition) is 2. The van der Waals surface area contributed by atoms with Gasteiger partial charge >= 0.3 is 0 Å². The minimum Gasteiger partial charge on any atom is -0.381 e. The maximum atomic E-state index is 13.6. The van der Waals surface area contributed by atoms with Gasteiger partial charge in [-0.2, -0.15) is 0 Å². The molecular formula is C18H26FNO. The number of anilines is 1. The number of halogens is 1. The fourth-order valence-corrected chi connectivity index (χ4v) is 4.29. The second kappa shape index (κ2) is 5.96. The van der Waals surface area contributed by atoms with Gasteiger partial charge in [0.05, 0.1) is 6.10 Å². The normalized spacial score (nSPS) is 27.4. The van der Waals surface area contributed by atoms with E-state index in [9.17, 15) is 4.39 Å². The van der Waals surface area contributed by atoms with Crippen LogP contribution in [-0.2, 0) is 4.74 Å². The fraction of sp³-hybridized carbons (Fsp3) is 0.667. The van der Waals surface area contributed by atoms with Crippen molar-refractivity contribution in [2.75, 3.05) is 11.9 Å². The second-order valence-corrected chi connectivity index (χ2v) is 6.69. The third-order valence-corrected chi connectivity index (χ3v) is 5.32. The van der Waals surface area contributed by atoms with Crippen molar-refractivity contribution in [1.29, 1.82) is 0 Å². The number of aryl methyl sites for hydroxylation is 1. The van der Waals surface area contributed by atoms with Gasteiger partial charge in [0, 0.05) is 23.8 Å². The van der Waals surface area contributed by atoms with Crippen molar-refractivity contribution < 1.29 is 9.13 Å². The molecule has 1 aromatic carbocycles. The first-order valence-corrected chi connectivity index (χ1v) is 8.29. The van der Waals surface area contributed by atoms with Gasteiger partial charge in [-0.15, -0.1) is 0 Å². The van der Waals surface area contributed by atoms with E-state index in [0.717, 1.165) is 24.3 Å². The molecule has 2 unspecified atom stereocenters. The Labute approximate surface area is 127 Å². The first kappa shape index (κ1) is 14.8. The standard InChI is InChI=1S/C18H26FNO/c1-3-21-17-12-16(18(17)7-5-4-6-8-18)20-15-10-13(2)9-14(19)11-15/h9-11,16-17,20H,3-8,12H2,1-2H3.